The molecule has 0 aliphatic heterocycles. The molecule has 0 aliphatic rings. The summed E-state index contributed by atoms with van der Waals surface area (Å²) in [6, 6.07) is 14.7. The third kappa shape index (κ3) is 6.29. The Balaban J connectivity index is 1.91. The maximum Gasteiger partial charge on any atom is 0.407 e. The van der Waals surface area contributed by atoms with Crippen molar-refractivity contribution in [2.24, 2.45) is 11.8 Å². The quantitative estimate of drug-likeness (QED) is 0.772. The van der Waals surface area contributed by atoms with Crippen LogP contribution in [0.2, 0.25) is 0 Å². The molecule has 0 aliphatic carbocycles. The van der Waals surface area contributed by atoms with E-state index in [9.17, 15) is 4.79 Å². The zero-order valence-electron chi connectivity index (χ0n) is 15.9. The first-order valence-electron chi connectivity index (χ1n) is 8.94. The summed E-state index contributed by atoms with van der Waals surface area (Å²) in [5.74, 6) is 0.766. The second-order valence-corrected chi connectivity index (χ2v) is 7.83. The van der Waals surface area contributed by atoms with Crippen molar-refractivity contribution in [3.05, 3.63) is 42.5 Å². The summed E-state index contributed by atoms with van der Waals surface area (Å²) >= 11 is 0. The molecule has 4 nitrogen and oxygen atoms in total. The van der Waals surface area contributed by atoms with Gasteiger partial charge in [-0.05, 0) is 55.5 Å². The third-order valence-electron chi connectivity index (χ3n) is 4.17. The summed E-state index contributed by atoms with van der Waals surface area (Å²) in [7, 11) is 0. The summed E-state index contributed by atoms with van der Waals surface area (Å²) in [5, 5.41) is 8.84. The molecule has 136 valence electrons. The monoisotopic (exact) mass is 342 g/mol. The molecule has 1 atom stereocenters. The molecule has 1 amide bonds. The predicted octanol–water partition coefficient (Wildman–Crippen LogP) is 5.05. The zero-order chi connectivity index (χ0) is 18.4. The molecular weight excluding hydrogens is 312 g/mol. The SMILES string of the molecule is CC(C)C(CNC(=O)OC(C)(C)C)CNc1ccc2ccccc2c1. The molecule has 0 heterocycles. The average molecular weight is 342 g/mol. The van der Waals surface area contributed by atoms with E-state index in [4.69, 9.17) is 4.74 Å². The lowest BCUT2D eigenvalue weighted by atomic mass is 9.95. The van der Waals surface area contributed by atoms with Gasteiger partial charge in [-0.25, -0.2) is 4.79 Å². The van der Waals surface area contributed by atoms with E-state index in [1.165, 1.54) is 10.8 Å². The van der Waals surface area contributed by atoms with E-state index in [0.717, 1.165) is 12.2 Å². The molecule has 0 fully saturated rings. The van der Waals surface area contributed by atoms with E-state index < -0.39 is 5.60 Å². The Kier molecular flexibility index (Phi) is 6.29. The van der Waals surface area contributed by atoms with Gasteiger partial charge in [-0.2, -0.15) is 0 Å². The highest BCUT2D eigenvalue weighted by Gasteiger charge is 2.19. The van der Waals surface area contributed by atoms with Crippen LogP contribution in [0.15, 0.2) is 42.5 Å². The van der Waals surface area contributed by atoms with Gasteiger partial charge in [-0.15, -0.1) is 0 Å². The Bertz CT molecular complexity index is 704. The summed E-state index contributed by atoms with van der Waals surface area (Å²) in [6.45, 7) is 11.3. The fraction of sp³-hybridized carbons (Fsp3) is 0.476. The molecule has 0 saturated carbocycles. The van der Waals surface area contributed by atoms with Crippen molar-refractivity contribution in [2.75, 3.05) is 18.4 Å². The molecular formula is C21H30N2O2. The lowest BCUT2D eigenvalue weighted by Crippen LogP contribution is -2.38. The van der Waals surface area contributed by atoms with Crippen molar-refractivity contribution in [1.82, 2.24) is 5.32 Å². The standard InChI is InChI=1S/C21H30N2O2/c1-15(2)18(14-23-20(24)25-21(3,4)5)13-22-19-11-10-16-8-6-7-9-17(16)12-19/h6-12,15,18,22H,13-14H2,1-5H3,(H,23,24). The van der Waals surface area contributed by atoms with Crippen LogP contribution in [-0.2, 0) is 4.74 Å². The van der Waals surface area contributed by atoms with E-state index in [2.05, 4.69) is 54.8 Å². The number of fused-ring (bicyclic) bond motifs is 1. The van der Waals surface area contributed by atoms with Crippen LogP contribution in [0.4, 0.5) is 10.5 Å². The second-order valence-electron chi connectivity index (χ2n) is 7.83. The van der Waals surface area contributed by atoms with E-state index in [1.54, 1.807) is 0 Å². The van der Waals surface area contributed by atoms with Gasteiger partial charge in [0.05, 0.1) is 0 Å². The number of carbonyl (C=O) groups is 1. The van der Waals surface area contributed by atoms with Crippen molar-refractivity contribution in [2.45, 2.75) is 40.2 Å². The molecule has 2 aromatic rings. The number of benzene rings is 2. The number of hydrogen-bond donors (Lipinski definition) is 2. The number of rotatable bonds is 6. The maximum absolute atomic E-state index is 11.9. The Morgan fingerprint density at radius 1 is 1.04 bits per heavy atom. The largest absolute Gasteiger partial charge is 0.444 e. The van der Waals surface area contributed by atoms with E-state index in [0.29, 0.717) is 18.4 Å². The van der Waals surface area contributed by atoms with Gasteiger partial charge < -0.3 is 15.4 Å². The molecule has 0 aromatic heterocycles. The Labute approximate surface area is 151 Å². The van der Waals surface area contributed by atoms with Gasteiger partial charge in [0, 0.05) is 18.8 Å². The van der Waals surface area contributed by atoms with Crippen LogP contribution in [-0.4, -0.2) is 24.8 Å². The topological polar surface area (TPSA) is 50.4 Å². The smallest absolute Gasteiger partial charge is 0.407 e. The molecule has 4 heteroatoms. The van der Waals surface area contributed by atoms with Crippen molar-refractivity contribution in [3.8, 4) is 0 Å². The van der Waals surface area contributed by atoms with E-state index in [1.807, 2.05) is 32.9 Å². The number of hydrogen-bond acceptors (Lipinski definition) is 3. The Morgan fingerprint density at radius 2 is 1.72 bits per heavy atom. The van der Waals surface area contributed by atoms with Crippen LogP contribution in [0.25, 0.3) is 10.8 Å². The molecule has 2 aromatic carbocycles. The fourth-order valence-electron chi connectivity index (χ4n) is 2.62. The van der Waals surface area contributed by atoms with Crippen molar-refractivity contribution >= 4 is 22.6 Å². The molecule has 2 rings (SSSR count). The van der Waals surface area contributed by atoms with Crippen LogP contribution < -0.4 is 10.6 Å². The van der Waals surface area contributed by atoms with Crippen molar-refractivity contribution < 1.29 is 9.53 Å². The zero-order valence-corrected chi connectivity index (χ0v) is 15.9. The fourth-order valence-corrected chi connectivity index (χ4v) is 2.62. The number of alkyl carbamates (subject to hydrolysis) is 1. The second kappa shape index (κ2) is 8.24. The van der Waals surface area contributed by atoms with Gasteiger partial charge in [-0.1, -0.05) is 44.2 Å². The molecule has 0 bridgehead atoms. The first-order valence-corrected chi connectivity index (χ1v) is 8.94. The number of nitrogens with one attached hydrogen (secondary N) is 2. The predicted molar refractivity (Wildman–Crippen MR) is 105 cm³/mol. The van der Waals surface area contributed by atoms with Gasteiger partial charge >= 0.3 is 6.09 Å². The first kappa shape index (κ1) is 19.1. The minimum atomic E-state index is -0.471. The van der Waals surface area contributed by atoms with Gasteiger partial charge in [0.15, 0.2) is 0 Å². The minimum Gasteiger partial charge on any atom is -0.444 e. The summed E-state index contributed by atoms with van der Waals surface area (Å²) in [4.78, 5) is 11.9. The van der Waals surface area contributed by atoms with Crippen LogP contribution in [0.5, 0.6) is 0 Å². The van der Waals surface area contributed by atoms with Crippen molar-refractivity contribution in [3.63, 3.8) is 0 Å². The molecule has 1 unspecified atom stereocenters. The van der Waals surface area contributed by atoms with Crippen LogP contribution >= 0.6 is 0 Å². The van der Waals surface area contributed by atoms with Gasteiger partial charge in [0.25, 0.3) is 0 Å². The molecule has 0 spiro atoms. The lowest BCUT2D eigenvalue weighted by molar-refractivity contribution is 0.0516. The number of ether oxygens (including phenoxy) is 1. The van der Waals surface area contributed by atoms with Crippen LogP contribution in [0, 0.1) is 11.8 Å². The minimum absolute atomic E-state index is 0.319. The van der Waals surface area contributed by atoms with Gasteiger partial charge in [0.2, 0.25) is 0 Å². The normalized spacial score (nSPS) is 12.9. The van der Waals surface area contributed by atoms with Crippen molar-refractivity contribution in [1.29, 1.82) is 0 Å². The summed E-state index contributed by atoms with van der Waals surface area (Å²) in [6.07, 6.45) is -0.358. The Morgan fingerprint density at radius 3 is 2.36 bits per heavy atom. The van der Waals surface area contributed by atoms with Crippen LogP contribution in [0.3, 0.4) is 0 Å². The number of amides is 1. The Hall–Kier alpha value is -2.23. The first-order chi connectivity index (χ1) is 11.7. The molecule has 2 N–H and O–H groups in total. The lowest BCUT2D eigenvalue weighted by Gasteiger charge is -2.24. The molecule has 0 radical (unpaired) electrons. The molecule has 25 heavy (non-hydrogen) atoms. The highest BCUT2D eigenvalue weighted by atomic mass is 16.6. The maximum atomic E-state index is 11.9. The van der Waals surface area contributed by atoms with Gasteiger partial charge in [0.1, 0.15) is 5.60 Å². The average Bonchev–Trinajstić information content (AvgIpc) is 2.52. The summed E-state index contributed by atoms with van der Waals surface area (Å²) in [5.41, 5.74) is 0.627. The number of carbonyl (C=O) groups excluding carboxylic acids is 1. The van der Waals surface area contributed by atoms with E-state index >= 15 is 0 Å². The number of anilines is 1. The highest BCUT2D eigenvalue weighted by Crippen LogP contribution is 2.20. The van der Waals surface area contributed by atoms with E-state index in [-0.39, 0.29) is 6.09 Å². The summed E-state index contributed by atoms with van der Waals surface area (Å²) < 4.78 is 5.31. The highest BCUT2D eigenvalue weighted by molar-refractivity contribution is 5.85. The third-order valence-corrected chi connectivity index (χ3v) is 4.17. The van der Waals surface area contributed by atoms with Crippen LogP contribution in [0.1, 0.15) is 34.6 Å². The van der Waals surface area contributed by atoms with Gasteiger partial charge in [-0.3, -0.25) is 0 Å². The molecule has 0 saturated heterocycles.